The summed E-state index contributed by atoms with van der Waals surface area (Å²) in [5.74, 6) is 0.919. The number of nitrogens with zero attached hydrogens (tertiary/aromatic N) is 3. The Balaban J connectivity index is 2.02. The normalized spacial score (nSPS) is 10.4. The Morgan fingerprint density at radius 1 is 1.18 bits per heavy atom. The Labute approximate surface area is 175 Å². The van der Waals surface area contributed by atoms with Crippen molar-refractivity contribution in [3.05, 3.63) is 57.0 Å². The molecule has 0 saturated carbocycles. The molecule has 9 heteroatoms. The summed E-state index contributed by atoms with van der Waals surface area (Å²) in [5, 5.41) is 10.0. The van der Waals surface area contributed by atoms with Crippen molar-refractivity contribution in [2.45, 2.75) is 6.61 Å². The number of methoxy groups -OCH3 is 1. The molecule has 0 radical (unpaired) electrons. The fourth-order valence-corrected chi connectivity index (χ4v) is 3.26. The summed E-state index contributed by atoms with van der Waals surface area (Å²) in [4.78, 5) is 8.00. The maximum Gasteiger partial charge on any atom is 0.222 e. The second kappa shape index (κ2) is 8.33. The van der Waals surface area contributed by atoms with E-state index in [9.17, 15) is 5.26 Å². The molecule has 0 unspecified atom stereocenters. The number of benzene rings is 2. The molecule has 0 bridgehead atoms. The summed E-state index contributed by atoms with van der Waals surface area (Å²) in [6, 6.07) is 12.8. The summed E-state index contributed by atoms with van der Waals surface area (Å²) >= 11 is 9.66. The number of aromatic nitrogens is 2. The van der Waals surface area contributed by atoms with E-state index in [2.05, 4.69) is 25.9 Å². The minimum absolute atomic E-state index is 0.00918. The first-order chi connectivity index (χ1) is 13.4. The lowest BCUT2D eigenvalue weighted by Gasteiger charge is -2.15. The van der Waals surface area contributed by atoms with Gasteiger partial charge in [0.25, 0.3) is 0 Å². The van der Waals surface area contributed by atoms with Crippen molar-refractivity contribution in [3.8, 4) is 28.8 Å². The number of nitrogens with two attached hydrogens (primary N) is 2. The van der Waals surface area contributed by atoms with Gasteiger partial charge in [-0.2, -0.15) is 10.2 Å². The number of ether oxygens (including phenoxy) is 2. The SMILES string of the molecule is COc1cc(-c2nc(N)nc(N)c2C#N)c(Br)cc1OCc1ccccc1Cl. The average Bonchev–Trinajstić information content (AvgIpc) is 2.67. The van der Waals surface area contributed by atoms with E-state index in [1.54, 1.807) is 18.2 Å². The van der Waals surface area contributed by atoms with Crippen LogP contribution in [-0.4, -0.2) is 17.1 Å². The molecule has 142 valence electrons. The van der Waals surface area contributed by atoms with Crippen LogP contribution >= 0.6 is 27.5 Å². The molecule has 7 nitrogen and oxygen atoms in total. The zero-order valence-electron chi connectivity index (χ0n) is 14.7. The number of hydrogen-bond acceptors (Lipinski definition) is 7. The third-order valence-electron chi connectivity index (χ3n) is 3.92. The maximum atomic E-state index is 9.43. The van der Waals surface area contributed by atoms with Gasteiger partial charge in [0.05, 0.1) is 12.8 Å². The van der Waals surface area contributed by atoms with Gasteiger partial charge in [0.2, 0.25) is 5.95 Å². The van der Waals surface area contributed by atoms with Crippen molar-refractivity contribution in [2.24, 2.45) is 0 Å². The van der Waals surface area contributed by atoms with Gasteiger partial charge in [0.15, 0.2) is 11.5 Å². The number of rotatable bonds is 5. The summed E-state index contributed by atoms with van der Waals surface area (Å²) in [6.07, 6.45) is 0. The van der Waals surface area contributed by atoms with E-state index in [1.807, 2.05) is 24.3 Å². The molecule has 0 aliphatic rings. The van der Waals surface area contributed by atoms with Crippen molar-refractivity contribution in [1.82, 2.24) is 9.97 Å². The summed E-state index contributed by atoms with van der Waals surface area (Å²) < 4.78 is 12.0. The standard InChI is InChI=1S/C19H15BrClN5O2/c1-27-15-6-11(17-12(8-22)18(23)26-19(24)25-17)13(20)7-16(15)28-9-10-4-2-3-5-14(10)21/h2-7H,9H2,1H3,(H4,23,24,25,26). The predicted octanol–water partition coefficient (Wildman–Crippen LogP) is 4.18. The first-order valence-corrected chi connectivity index (χ1v) is 9.19. The highest BCUT2D eigenvalue weighted by Gasteiger charge is 2.19. The van der Waals surface area contributed by atoms with Crippen molar-refractivity contribution in [2.75, 3.05) is 18.6 Å². The molecule has 1 heterocycles. The molecule has 0 aliphatic carbocycles. The van der Waals surface area contributed by atoms with Crippen LogP contribution in [0.2, 0.25) is 5.02 Å². The summed E-state index contributed by atoms with van der Waals surface area (Å²) in [7, 11) is 1.52. The minimum atomic E-state index is -0.0311. The molecule has 4 N–H and O–H groups in total. The van der Waals surface area contributed by atoms with Gasteiger partial charge in [-0.15, -0.1) is 0 Å². The molecule has 3 rings (SSSR count). The van der Waals surface area contributed by atoms with Crippen molar-refractivity contribution < 1.29 is 9.47 Å². The third kappa shape index (κ3) is 3.96. The molecule has 0 fully saturated rings. The monoisotopic (exact) mass is 459 g/mol. The van der Waals surface area contributed by atoms with E-state index in [0.717, 1.165) is 5.56 Å². The van der Waals surface area contributed by atoms with E-state index in [1.165, 1.54) is 7.11 Å². The lowest BCUT2D eigenvalue weighted by atomic mass is 10.1. The van der Waals surface area contributed by atoms with Crippen molar-refractivity contribution in [3.63, 3.8) is 0 Å². The van der Waals surface area contributed by atoms with Crippen LogP contribution in [0.3, 0.4) is 0 Å². The van der Waals surface area contributed by atoms with E-state index in [4.69, 9.17) is 32.5 Å². The van der Waals surface area contributed by atoms with Crippen LogP contribution in [0.5, 0.6) is 11.5 Å². The van der Waals surface area contributed by atoms with Gasteiger partial charge in [0.1, 0.15) is 24.1 Å². The molecule has 0 aliphatic heterocycles. The second-order valence-electron chi connectivity index (χ2n) is 5.67. The van der Waals surface area contributed by atoms with Gasteiger partial charge in [-0.1, -0.05) is 29.8 Å². The molecule has 28 heavy (non-hydrogen) atoms. The highest BCUT2D eigenvalue weighted by Crippen LogP contribution is 2.40. The predicted molar refractivity (Wildman–Crippen MR) is 111 cm³/mol. The summed E-state index contributed by atoms with van der Waals surface area (Å²) in [5.41, 5.74) is 13.4. The third-order valence-corrected chi connectivity index (χ3v) is 4.94. The number of nitrogen functional groups attached to an aromatic ring is 2. The molecule has 3 aromatic rings. The van der Waals surface area contributed by atoms with Gasteiger partial charge in [-0.05, 0) is 34.1 Å². The van der Waals surface area contributed by atoms with Crippen LogP contribution in [0.1, 0.15) is 11.1 Å². The highest BCUT2D eigenvalue weighted by atomic mass is 79.9. The number of anilines is 2. The molecule has 2 aromatic carbocycles. The Hall–Kier alpha value is -3.02. The summed E-state index contributed by atoms with van der Waals surface area (Å²) in [6.45, 7) is 0.263. The van der Waals surface area contributed by atoms with E-state index >= 15 is 0 Å². The first kappa shape index (κ1) is 19.7. The van der Waals surface area contributed by atoms with E-state index in [0.29, 0.717) is 32.3 Å². The average molecular weight is 461 g/mol. The smallest absolute Gasteiger partial charge is 0.222 e. The highest BCUT2D eigenvalue weighted by molar-refractivity contribution is 9.10. The van der Waals surface area contributed by atoms with Gasteiger partial charge >= 0.3 is 0 Å². The van der Waals surface area contributed by atoms with Gasteiger partial charge < -0.3 is 20.9 Å². The minimum Gasteiger partial charge on any atom is -0.493 e. The van der Waals surface area contributed by atoms with Crippen LogP contribution in [0.15, 0.2) is 40.9 Å². The van der Waals surface area contributed by atoms with Crippen LogP contribution in [0.25, 0.3) is 11.3 Å². The quantitative estimate of drug-likeness (QED) is 0.586. The number of hydrogen-bond donors (Lipinski definition) is 2. The molecular formula is C19H15BrClN5O2. The number of nitriles is 1. The topological polar surface area (TPSA) is 120 Å². The molecule has 0 amide bonds. The fraction of sp³-hybridized carbons (Fsp3) is 0.105. The van der Waals surface area contributed by atoms with Gasteiger partial charge in [-0.25, -0.2) is 4.98 Å². The maximum absolute atomic E-state index is 9.43. The number of halogens is 2. The van der Waals surface area contributed by atoms with Crippen LogP contribution in [0.4, 0.5) is 11.8 Å². The fourth-order valence-electron chi connectivity index (χ4n) is 2.56. The molecule has 0 atom stereocenters. The van der Waals surface area contributed by atoms with Gasteiger partial charge in [-0.3, -0.25) is 0 Å². The van der Waals surface area contributed by atoms with Crippen LogP contribution in [0, 0.1) is 11.3 Å². The van der Waals surface area contributed by atoms with E-state index < -0.39 is 0 Å². The Kier molecular flexibility index (Phi) is 5.87. The second-order valence-corrected chi connectivity index (χ2v) is 6.93. The molecule has 0 spiro atoms. The molecule has 1 aromatic heterocycles. The lowest BCUT2D eigenvalue weighted by Crippen LogP contribution is -2.05. The van der Waals surface area contributed by atoms with Crippen LogP contribution < -0.4 is 20.9 Å². The molecular weight excluding hydrogens is 446 g/mol. The van der Waals surface area contributed by atoms with Crippen LogP contribution in [-0.2, 0) is 6.61 Å². The molecule has 0 saturated heterocycles. The largest absolute Gasteiger partial charge is 0.493 e. The first-order valence-electron chi connectivity index (χ1n) is 8.01. The Bertz CT molecular complexity index is 1080. The van der Waals surface area contributed by atoms with Crippen molar-refractivity contribution >= 4 is 39.3 Å². The van der Waals surface area contributed by atoms with Gasteiger partial charge in [0, 0.05) is 20.6 Å². The Morgan fingerprint density at radius 3 is 2.61 bits per heavy atom. The van der Waals surface area contributed by atoms with E-state index in [-0.39, 0.29) is 23.9 Å². The zero-order chi connectivity index (χ0) is 20.3. The Morgan fingerprint density at radius 2 is 1.93 bits per heavy atom. The zero-order valence-corrected chi connectivity index (χ0v) is 17.1. The lowest BCUT2D eigenvalue weighted by molar-refractivity contribution is 0.284. The van der Waals surface area contributed by atoms with Crippen molar-refractivity contribution in [1.29, 1.82) is 5.26 Å².